The van der Waals surface area contributed by atoms with Crippen molar-refractivity contribution in [3.8, 4) is 0 Å². The van der Waals surface area contributed by atoms with Gasteiger partial charge in [0, 0.05) is 6.04 Å². The van der Waals surface area contributed by atoms with E-state index in [1.54, 1.807) is 0 Å². The van der Waals surface area contributed by atoms with Gasteiger partial charge in [0.2, 0.25) is 0 Å². The molecule has 1 aliphatic rings. The van der Waals surface area contributed by atoms with Gasteiger partial charge in [-0.3, -0.25) is 4.79 Å². The maximum absolute atomic E-state index is 10.1. The van der Waals surface area contributed by atoms with Crippen LogP contribution in [0.3, 0.4) is 0 Å². The Morgan fingerprint density at radius 1 is 1.54 bits per heavy atom. The first kappa shape index (κ1) is 10.3. The number of hydrogen-bond acceptors (Lipinski definition) is 3. The quantitative estimate of drug-likeness (QED) is 0.528. The summed E-state index contributed by atoms with van der Waals surface area (Å²) in [5.74, 6) is 0. The van der Waals surface area contributed by atoms with Crippen LogP contribution in [0.1, 0.15) is 25.7 Å². The minimum atomic E-state index is -0.00435. The molecule has 0 amide bonds. The summed E-state index contributed by atoms with van der Waals surface area (Å²) in [7, 11) is 1.99. The molecule has 2 unspecified atom stereocenters. The number of carbonyl (C=O) groups is 1. The summed E-state index contributed by atoms with van der Waals surface area (Å²) in [6.07, 6.45) is 8.29. The number of ether oxygens (including phenoxy) is 1. The van der Waals surface area contributed by atoms with Crippen molar-refractivity contribution in [1.82, 2.24) is 5.32 Å². The number of rotatable bonds is 3. The first-order chi connectivity index (χ1) is 6.36. The fraction of sp³-hybridized carbons (Fsp3) is 0.700. The van der Waals surface area contributed by atoms with E-state index in [4.69, 9.17) is 4.74 Å². The second-order valence-electron chi connectivity index (χ2n) is 3.35. The van der Waals surface area contributed by atoms with E-state index < -0.39 is 0 Å². The number of carbonyl (C=O) groups excluding carboxylic acids is 1. The third-order valence-electron chi connectivity index (χ3n) is 2.45. The van der Waals surface area contributed by atoms with Crippen LogP contribution in [0.5, 0.6) is 0 Å². The van der Waals surface area contributed by atoms with Crippen molar-refractivity contribution >= 4 is 6.47 Å². The summed E-state index contributed by atoms with van der Waals surface area (Å²) < 4.78 is 4.90. The summed E-state index contributed by atoms with van der Waals surface area (Å²) in [6, 6.07) is 0.577. The Morgan fingerprint density at radius 2 is 2.38 bits per heavy atom. The fourth-order valence-corrected chi connectivity index (χ4v) is 1.62. The van der Waals surface area contributed by atoms with Gasteiger partial charge in [0.15, 0.2) is 0 Å². The highest BCUT2D eigenvalue weighted by Crippen LogP contribution is 2.14. The normalized spacial score (nSPS) is 31.5. The maximum Gasteiger partial charge on any atom is 0.293 e. The topological polar surface area (TPSA) is 38.3 Å². The first-order valence-corrected chi connectivity index (χ1v) is 4.80. The van der Waals surface area contributed by atoms with Gasteiger partial charge in [0.05, 0.1) is 0 Å². The molecule has 0 bridgehead atoms. The Bertz CT molecular complexity index is 180. The van der Waals surface area contributed by atoms with E-state index in [2.05, 4.69) is 11.4 Å². The van der Waals surface area contributed by atoms with E-state index >= 15 is 0 Å². The third kappa shape index (κ3) is 3.59. The third-order valence-corrected chi connectivity index (χ3v) is 2.45. The van der Waals surface area contributed by atoms with Crippen LogP contribution in [0.15, 0.2) is 12.2 Å². The van der Waals surface area contributed by atoms with Crippen molar-refractivity contribution in [3.63, 3.8) is 0 Å². The molecule has 13 heavy (non-hydrogen) atoms. The van der Waals surface area contributed by atoms with Crippen molar-refractivity contribution in [2.24, 2.45) is 0 Å². The number of hydrogen-bond donors (Lipinski definition) is 1. The van der Waals surface area contributed by atoms with Gasteiger partial charge in [-0.1, -0.05) is 6.08 Å². The van der Waals surface area contributed by atoms with Gasteiger partial charge in [0.1, 0.15) is 6.10 Å². The highest BCUT2D eigenvalue weighted by Gasteiger charge is 2.11. The van der Waals surface area contributed by atoms with Crippen LogP contribution in [0.25, 0.3) is 0 Å². The Labute approximate surface area is 79.2 Å². The molecule has 0 aromatic carbocycles. The van der Waals surface area contributed by atoms with Crippen molar-refractivity contribution in [2.45, 2.75) is 37.8 Å². The van der Waals surface area contributed by atoms with E-state index in [0.717, 1.165) is 25.7 Å². The zero-order chi connectivity index (χ0) is 9.52. The highest BCUT2D eigenvalue weighted by molar-refractivity contribution is 5.38. The summed E-state index contributed by atoms with van der Waals surface area (Å²) >= 11 is 0. The molecule has 0 saturated heterocycles. The highest BCUT2D eigenvalue weighted by atomic mass is 16.5. The van der Waals surface area contributed by atoms with E-state index in [1.165, 1.54) is 0 Å². The lowest BCUT2D eigenvalue weighted by Crippen LogP contribution is -2.26. The molecular weight excluding hydrogens is 166 g/mol. The molecule has 0 aromatic rings. The smallest absolute Gasteiger partial charge is 0.293 e. The second-order valence-corrected chi connectivity index (χ2v) is 3.35. The molecule has 3 nitrogen and oxygen atoms in total. The standard InChI is InChI=1S/C10H17NO2/c1-11-9-4-2-6-10(13-8-12)7-3-5-9/h2,6,8-11H,3-5,7H2,1H3/b6-2+. The Kier molecular flexibility index (Phi) is 4.54. The lowest BCUT2D eigenvalue weighted by atomic mass is 10.0. The molecule has 0 radical (unpaired) electrons. The molecule has 0 aromatic heterocycles. The largest absolute Gasteiger partial charge is 0.460 e. The molecule has 3 heteroatoms. The fourth-order valence-electron chi connectivity index (χ4n) is 1.62. The van der Waals surface area contributed by atoms with E-state index in [-0.39, 0.29) is 6.10 Å². The SMILES string of the molecule is CNC1C/C=C/C(OC=O)CCC1. The van der Waals surface area contributed by atoms with E-state index in [1.807, 2.05) is 13.1 Å². The lowest BCUT2D eigenvalue weighted by molar-refractivity contribution is -0.131. The summed E-state index contributed by atoms with van der Waals surface area (Å²) in [5.41, 5.74) is 0. The van der Waals surface area contributed by atoms with Crippen LogP contribution in [0.2, 0.25) is 0 Å². The monoisotopic (exact) mass is 183 g/mol. The predicted molar refractivity (Wildman–Crippen MR) is 51.4 cm³/mol. The zero-order valence-corrected chi connectivity index (χ0v) is 8.03. The van der Waals surface area contributed by atoms with Crippen LogP contribution in [0, 0.1) is 0 Å². The van der Waals surface area contributed by atoms with Crippen LogP contribution in [0.4, 0.5) is 0 Å². The number of nitrogens with one attached hydrogen (secondary N) is 1. The van der Waals surface area contributed by atoms with Crippen molar-refractivity contribution in [1.29, 1.82) is 0 Å². The molecule has 1 N–H and O–H groups in total. The molecule has 0 aliphatic heterocycles. The summed E-state index contributed by atoms with van der Waals surface area (Å²) in [6.45, 7) is 0.534. The molecule has 74 valence electrons. The van der Waals surface area contributed by atoms with E-state index in [0.29, 0.717) is 12.5 Å². The average Bonchev–Trinajstić information content (AvgIpc) is 2.09. The zero-order valence-electron chi connectivity index (χ0n) is 8.03. The maximum atomic E-state index is 10.1. The molecule has 0 saturated carbocycles. The first-order valence-electron chi connectivity index (χ1n) is 4.80. The van der Waals surface area contributed by atoms with Gasteiger partial charge in [-0.2, -0.15) is 0 Å². The predicted octanol–water partition coefficient (Wildman–Crippen LogP) is 1.25. The summed E-state index contributed by atoms with van der Waals surface area (Å²) in [5, 5.41) is 3.26. The van der Waals surface area contributed by atoms with Gasteiger partial charge >= 0.3 is 0 Å². The lowest BCUT2D eigenvalue weighted by Gasteiger charge is -2.19. The molecule has 1 aliphatic carbocycles. The average molecular weight is 183 g/mol. The molecule has 1 rings (SSSR count). The van der Waals surface area contributed by atoms with Crippen LogP contribution >= 0.6 is 0 Å². The van der Waals surface area contributed by atoms with Crippen LogP contribution in [-0.2, 0) is 9.53 Å². The molecule has 0 heterocycles. The van der Waals surface area contributed by atoms with Crippen LogP contribution < -0.4 is 5.32 Å². The Balaban J connectivity index is 2.40. The minimum Gasteiger partial charge on any atom is -0.460 e. The Hall–Kier alpha value is -0.830. The van der Waals surface area contributed by atoms with Crippen molar-refractivity contribution < 1.29 is 9.53 Å². The minimum absolute atomic E-state index is 0.00435. The Morgan fingerprint density at radius 3 is 3.08 bits per heavy atom. The van der Waals surface area contributed by atoms with Gasteiger partial charge in [0.25, 0.3) is 6.47 Å². The van der Waals surface area contributed by atoms with Gasteiger partial charge in [-0.25, -0.2) is 0 Å². The molecule has 0 spiro atoms. The van der Waals surface area contributed by atoms with Crippen LogP contribution in [-0.4, -0.2) is 25.7 Å². The van der Waals surface area contributed by atoms with Gasteiger partial charge < -0.3 is 10.1 Å². The second kappa shape index (κ2) is 5.75. The van der Waals surface area contributed by atoms with Crippen molar-refractivity contribution in [2.75, 3.05) is 7.05 Å². The van der Waals surface area contributed by atoms with Gasteiger partial charge in [-0.15, -0.1) is 0 Å². The van der Waals surface area contributed by atoms with E-state index in [9.17, 15) is 4.79 Å². The van der Waals surface area contributed by atoms with Crippen molar-refractivity contribution in [3.05, 3.63) is 12.2 Å². The molecular formula is C10H17NO2. The molecule has 2 atom stereocenters. The van der Waals surface area contributed by atoms with Gasteiger partial charge in [-0.05, 0) is 38.8 Å². The summed E-state index contributed by atoms with van der Waals surface area (Å²) in [4.78, 5) is 10.1. The molecule has 0 fully saturated rings.